The van der Waals surface area contributed by atoms with Crippen molar-refractivity contribution in [3.05, 3.63) is 0 Å². The second kappa shape index (κ2) is 5.85. The van der Waals surface area contributed by atoms with Gasteiger partial charge in [-0.25, -0.2) is 0 Å². The van der Waals surface area contributed by atoms with E-state index in [0.717, 1.165) is 6.54 Å². The fourth-order valence-electron chi connectivity index (χ4n) is 2.58. The number of carbonyl (C=O) groups is 1. The predicted octanol–water partition coefficient (Wildman–Crippen LogP) is 2.98. The second-order valence-corrected chi connectivity index (χ2v) is 6.06. The number of carbonyl (C=O) groups excluding carboxylic acids is 1. The Morgan fingerprint density at radius 2 is 2.00 bits per heavy atom. The van der Waals surface area contributed by atoms with Crippen LogP contribution in [0.1, 0.15) is 60.3 Å². The smallest absolute Gasteiger partial charge is 0.307 e. The van der Waals surface area contributed by atoms with E-state index in [9.17, 15) is 4.79 Å². The maximum atomic E-state index is 11.7. The van der Waals surface area contributed by atoms with Crippen molar-refractivity contribution in [1.82, 2.24) is 4.90 Å². The van der Waals surface area contributed by atoms with Crippen LogP contribution < -0.4 is 0 Å². The summed E-state index contributed by atoms with van der Waals surface area (Å²) >= 11 is 0. The summed E-state index contributed by atoms with van der Waals surface area (Å²) in [6, 6.07) is 1.27. The minimum absolute atomic E-state index is 0.0774. The van der Waals surface area contributed by atoms with Crippen LogP contribution in [0.2, 0.25) is 0 Å². The van der Waals surface area contributed by atoms with Crippen molar-refractivity contribution < 1.29 is 9.53 Å². The van der Waals surface area contributed by atoms with Gasteiger partial charge in [-0.05, 0) is 47.0 Å². The normalized spacial score (nSPS) is 26.2. The predicted molar refractivity (Wildman–Crippen MR) is 69.9 cm³/mol. The molecule has 0 aromatic rings. The molecule has 1 aliphatic heterocycles. The molecule has 1 heterocycles. The summed E-state index contributed by atoms with van der Waals surface area (Å²) in [6.45, 7) is 11.1. The number of nitrogens with zero attached hydrogens (tertiary/aromatic N) is 1. The highest BCUT2D eigenvalue weighted by molar-refractivity contribution is 5.70. The number of likely N-dealkylation sites (tertiary alicyclic amines) is 1. The number of hydrogen-bond donors (Lipinski definition) is 0. The molecule has 0 radical (unpaired) electrons. The maximum absolute atomic E-state index is 11.7. The number of rotatable bonds is 4. The average Bonchev–Trinajstić information content (AvgIpc) is 2.53. The van der Waals surface area contributed by atoms with Crippen LogP contribution in [0.5, 0.6) is 0 Å². The van der Waals surface area contributed by atoms with Crippen molar-refractivity contribution in [1.29, 1.82) is 0 Å². The monoisotopic (exact) mass is 241 g/mol. The lowest BCUT2D eigenvalue weighted by atomic mass is 10.1. The third-order valence-electron chi connectivity index (χ3n) is 3.42. The zero-order valence-electron chi connectivity index (χ0n) is 12.0. The second-order valence-electron chi connectivity index (χ2n) is 6.06. The molecule has 0 aromatic heterocycles. The Labute approximate surface area is 106 Å². The van der Waals surface area contributed by atoms with Gasteiger partial charge in [0.25, 0.3) is 0 Å². The molecule has 0 N–H and O–H groups in total. The molecule has 0 amide bonds. The summed E-state index contributed by atoms with van der Waals surface area (Å²) in [7, 11) is 0. The van der Waals surface area contributed by atoms with Crippen LogP contribution in [0, 0.1) is 0 Å². The Kier molecular flexibility index (Phi) is 4.99. The maximum Gasteiger partial charge on any atom is 0.307 e. The molecular weight excluding hydrogens is 214 g/mol. The van der Waals surface area contributed by atoms with Crippen molar-refractivity contribution in [2.45, 2.75) is 78.0 Å². The highest BCUT2D eigenvalue weighted by atomic mass is 16.6. The van der Waals surface area contributed by atoms with E-state index in [-0.39, 0.29) is 11.6 Å². The molecule has 17 heavy (non-hydrogen) atoms. The van der Waals surface area contributed by atoms with E-state index in [0.29, 0.717) is 18.5 Å². The van der Waals surface area contributed by atoms with Gasteiger partial charge < -0.3 is 4.74 Å². The minimum atomic E-state index is -0.363. The summed E-state index contributed by atoms with van der Waals surface area (Å²) in [6.07, 6.45) is 4.22. The van der Waals surface area contributed by atoms with Crippen LogP contribution in [0.15, 0.2) is 0 Å². The molecule has 3 nitrogen and oxygen atoms in total. The first-order valence-corrected chi connectivity index (χ1v) is 6.81. The fourth-order valence-corrected chi connectivity index (χ4v) is 2.58. The first kappa shape index (κ1) is 14.5. The first-order chi connectivity index (χ1) is 7.83. The van der Waals surface area contributed by atoms with Gasteiger partial charge in [-0.15, -0.1) is 0 Å². The van der Waals surface area contributed by atoms with Gasteiger partial charge in [0, 0.05) is 18.6 Å². The van der Waals surface area contributed by atoms with Crippen LogP contribution in [-0.4, -0.2) is 35.1 Å². The Hall–Kier alpha value is -0.570. The van der Waals surface area contributed by atoms with Gasteiger partial charge in [-0.3, -0.25) is 9.69 Å². The Balaban J connectivity index is 2.36. The molecule has 1 aliphatic rings. The van der Waals surface area contributed by atoms with E-state index < -0.39 is 0 Å². The molecule has 1 rings (SSSR count). The van der Waals surface area contributed by atoms with E-state index in [1.165, 1.54) is 19.3 Å². The first-order valence-electron chi connectivity index (χ1n) is 6.81. The zero-order valence-corrected chi connectivity index (χ0v) is 12.0. The van der Waals surface area contributed by atoms with Crippen LogP contribution in [0.3, 0.4) is 0 Å². The van der Waals surface area contributed by atoms with Gasteiger partial charge in [0.15, 0.2) is 0 Å². The van der Waals surface area contributed by atoms with Crippen molar-refractivity contribution in [2.24, 2.45) is 0 Å². The highest BCUT2D eigenvalue weighted by Gasteiger charge is 2.29. The lowest BCUT2D eigenvalue weighted by molar-refractivity contribution is -0.155. The van der Waals surface area contributed by atoms with Crippen LogP contribution in [0.25, 0.3) is 0 Å². The third kappa shape index (κ3) is 4.66. The van der Waals surface area contributed by atoms with Crippen LogP contribution in [0.4, 0.5) is 0 Å². The van der Waals surface area contributed by atoms with Gasteiger partial charge in [0.2, 0.25) is 0 Å². The molecule has 0 aromatic carbocycles. The largest absolute Gasteiger partial charge is 0.460 e. The van der Waals surface area contributed by atoms with Gasteiger partial charge in [0.05, 0.1) is 6.42 Å². The lowest BCUT2D eigenvalue weighted by Crippen LogP contribution is -2.36. The van der Waals surface area contributed by atoms with E-state index >= 15 is 0 Å². The molecule has 0 aliphatic carbocycles. The van der Waals surface area contributed by atoms with E-state index in [1.54, 1.807) is 0 Å². The summed E-state index contributed by atoms with van der Waals surface area (Å²) in [5, 5.41) is 0. The van der Waals surface area contributed by atoms with Crippen molar-refractivity contribution in [2.75, 3.05) is 6.54 Å². The van der Waals surface area contributed by atoms with Crippen molar-refractivity contribution in [3.8, 4) is 0 Å². The molecule has 1 fully saturated rings. The standard InChI is InChI=1S/C14H27NO2/c1-6-12-8-7-11(2)15(12)10-9-13(16)17-14(3,4)5/h11-12H,6-10H2,1-5H3. The number of ether oxygens (including phenoxy) is 1. The topological polar surface area (TPSA) is 29.5 Å². The third-order valence-corrected chi connectivity index (χ3v) is 3.42. The molecular formula is C14H27NO2. The minimum Gasteiger partial charge on any atom is -0.460 e. The fraction of sp³-hybridized carbons (Fsp3) is 0.929. The van der Waals surface area contributed by atoms with Gasteiger partial charge in [0.1, 0.15) is 5.60 Å². The summed E-state index contributed by atoms with van der Waals surface area (Å²) in [4.78, 5) is 14.1. The molecule has 0 bridgehead atoms. The zero-order chi connectivity index (χ0) is 13.1. The number of esters is 1. The molecule has 2 unspecified atom stereocenters. The Bertz CT molecular complexity index is 257. The van der Waals surface area contributed by atoms with Crippen molar-refractivity contribution in [3.63, 3.8) is 0 Å². The van der Waals surface area contributed by atoms with E-state index in [2.05, 4.69) is 18.7 Å². The summed E-state index contributed by atoms with van der Waals surface area (Å²) < 4.78 is 5.34. The molecule has 0 saturated carbocycles. The quantitative estimate of drug-likeness (QED) is 0.709. The highest BCUT2D eigenvalue weighted by Crippen LogP contribution is 2.26. The molecule has 0 spiro atoms. The molecule has 100 valence electrons. The van der Waals surface area contributed by atoms with Crippen molar-refractivity contribution >= 4 is 5.97 Å². The van der Waals surface area contributed by atoms with Gasteiger partial charge in [-0.2, -0.15) is 0 Å². The number of hydrogen-bond acceptors (Lipinski definition) is 3. The average molecular weight is 241 g/mol. The Morgan fingerprint density at radius 3 is 2.53 bits per heavy atom. The van der Waals surface area contributed by atoms with E-state index in [4.69, 9.17) is 4.74 Å². The lowest BCUT2D eigenvalue weighted by Gasteiger charge is -2.28. The van der Waals surface area contributed by atoms with Crippen LogP contribution >= 0.6 is 0 Å². The Morgan fingerprint density at radius 1 is 1.35 bits per heavy atom. The SMILES string of the molecule is CCC1CCC(C)N1CCC(=O)OC(C)(C)C. The molecule has 2 atom stereocenters. The summed E-state index contributed by atoms with van der Waals surface area (Å²) in [5.74, 6) is -0.0774. The van der Waals surface area contributed by atoms with Gasteiger partial charge in [-0.1, -0.05) is 6.92 Å². The summed E-state index contributed by atoms with van der Waals surface area (Å²) in [5.41, 5.74) is -0.363. The van der Waals surface area contributed by atoms with Gasteiger partial charge >= 0.3 is 5.97 Å². The molecule has 1 saturated heterocycles. The molecule has 3 heteroatoms. The van der Waals surface area contributed by atoms with Crippen LogP contribution in [-0.2, 0) is 9.53 Å². The van der Waals surface area contributed by atoms with E-state index in [1.807, 2.05) is 20.8 Å².